The van der Waals surface area contributed by atoms with Gasteiger partial charge in [-0.05, 0) is 54.9 Å². The molecule has 1 N–H and O–H groups in total. The third-order valence-electron chi connectivity index (χ3n) is 5.37. The van der Waals surface area contributed by atoms with Crippen LogP contribution in [0.15, 0.2) is 54.9 Å². The number of fused-ring (bicyclic) bond motifs is 1. The van der Waals surface area contributed by atoms with E-state index in [0.717, 1.165) is 37.9 Å². The van der Waals surface area contributed by atoms with Crippen LogP contribution >= 0.6 is 12.4 Å². The highest BCUT2D eigenvalue weighted by atomic mass is 35.5. The predicted octanol–water partition coefficient (Wildman–Crippen LogP) is 4.68. The number of carbonyl (C=O) groups excluding carboxylic acids is 1. The summed E-state index contributed by atoms with van der Waals surface area (Å²) in [5.41, 5.74) is 1.02. The Kier molecular flexibility index (Phi) is 6.71. The number of amides is 1. The minimum Gasteiger partial charge on any atom is -0.369 e. The Hall–Kier alpha value is -2.84. The van der Waals surface area contributed by atoms with E-state index in [-0.39, 0.29) is 29.1 Å². The molecule has 1 aliphatic rings. The smallest absolute Gasteiger partial charge is 0.369 e. The van der Waals surface area contributed by atoms with E-state index in [4.69, 9.17) is 0 Å². The Morgan fingerprint density at radius 1 is 0.968 bits per heavy atom. The number of likely N-dealkylation sites (N-methyl/N-ethyl adjacent to an activating group) is 1. The molecule has 0 aliphatic carbocycles. The van der Waals surface area contributed by atoms with E-state index in [1.807, 2.05) is 12.1 Å². The number of aromatic nitrogens is 1. The van der Waals surface area contributed by atoms with Gasteiger partial charge in [-0.1, -0.05) is 0 Å². The molecule has 0 saturated carbocycles. The van der Waals surface area contributed by atoms with Crippen molar-refractivity contribution in [2.45, 2.75) is 6.18 Å². The van der Waals surface area contributed by atoms with Crippen molar-refractivity contribution in [3.63, 3.8) is 0 Å². The fraction of sp³-hybridized carbons (Fsp3) is 0.273. The lowest BCUT2D eigenvalue weighted by Gasteiger charge is -2.34. The second kappa shape index (κ2) is 9.11. The van der Waals surface area contributed by atoms with Crippen LogP contribution in [0.1, 0.15) is 15.9 Å². The van der Waals surface area contributed by atoms with Gasteiger partial charge in [-0.25, -0.2) is 0 Å². The number of carbonyl (C=O) groups is 1. The molecular weight excluding hydrogens is 429 g/mol. The number of nitrogens with zero attached hydrogens (tertiary/aromatic N) is 3. The molecule has 0 atom stereocenters. The Balaban J connectivity index is 0.00000272. The lowest BCUT2D eigenvalue weighted by Crippen LogP contribution is -2.44. The third kappa shape index (κ3) is 4.91. The number of benzene rings is 2. The van der Waals surface area contributed by atoms with Crippen molar-refractivity contribution in [2.75, 3.05) is 43.4 Å². The molecular formula is C22H22ClF3N4O. The van der Waals surface area contributed by atoms with Crippen LogP contribution in [0.3, 0.4) is 0 Å². The summed E-state index contributed by atoms with van der Waals surface area (Å²) in [4.78, 5) is 21.1. The summed E-state index contributed by atoms with van der Waals surface area (Å²) in [6.45, 7) is 3.81. The Morgan fingerprint density at radius 3 is 2.29 bits per heavy atom. The average molecular weight is 451 g/mol. The third-order valence-corrected chi connectivity index (χ3v) is 5.37. The van der Waals surface area contributed by atoms with E-state index < -0.39 is 11.7 Å². The van der Waals surface area contributed by atoms with E-state index in [1.54, 1.807) is 12.1 Å². The van der Waals surface area contributed by atoms with E-state index in [2.05, 4.69) is 27.1 Å². The van der Waals surface area contributed by atoms with Crippen LogP contribution in [0.5, 0.6) is 0 Å². The maximum Gasteiger partial charge on any atom is 0.417 e. The molecule has 3 aromatic rings. The molecule has 0 spiro atoms. The van der Waals surface area contributed by atoms with Crippen LogP contribution in [0.4, 0.5) is 24.5 Å². The number of nitrogens with one attached hydrogen (secondary N) is 1. The molecule has 0 radical (unpaired) electrons. The van der Waals surface area contributed by atoms with Gasteiger partial charge in [0.15, 0.2) is 0 Å². The van der Waals surface area contributed by atoms with Crippen molar-refractivity contribution < 1.29 is 18.0 Å². The van der Waals surface area contributed by atoms with Gasteiger partial charge in [0, 0.05) is 55.2 Å². The normalized spacial score (nSPS) is 14.9. The first-order valence-corrected chi connectivity index (χ1v) is 9.62. The van der Waals surface area contributed by atoms with Crippen LogP contribution in [0.25, 0.3) is 10.8 Å². The summed E-state index contributed by atoms with van der Waals surface area (Å²) >= 11 is 0. The molecule has 1 amide bonds. The minimum atomic E-state index is -4.48. The molecule has 1 aliphatic heterocycles. The highest BCUT2D eigenvalue weighted by Gasteiger charge is 2.33. The maximum atomic E-state index is 13.3. The van der Waals surface area contributed by atoms with Crippen molar-refractivity contribution >= 4 is 40.5 Å². The first-order chi connectivity index (χ1) is 14.3. The molecule has 4 rings (SSSR count). The fourth-order valence-electron chi connectivity index (χ4n) is 3.63. The number of hydrogen-bond acceptors (Lipinski definition) is 4. The highest BCUT2D eigenvalue weighted by Crippen LogP contribution is 2.37. The SMILES string of the molecule is CN1CCN(c2ccc(C(=O)Nc3ccc(C(F)(F)F)c4ccncc34)cc2)CC1.Cl. The summed E-state index contributed by atoms with van der Waals surface area (Å²) in [5, 5.41) is 2.96. The quantitative estimate of drug-likeness (QED) is 0.629. The molecule has 1 fully saturated rings. The van der Waals surface area contributed by atoms with Crippen LogP contribution in [0, 0.1) is 0 Å². The van der Waals surface area contributed by atoms with Gasteiger partial charge in [0.05, 0.1) is 11.3 Å². The molecule has 9 heteroatoms. The molecule has 2 heterocycles. The monoisotopic (exact) mass is 450 g/mol. The summed E-state index contributed by atoms with van der Waals surface area (Å²) < 4.78 is 39.8. The lowest BCUT2D eigenvalue weighted by atomic mass is 10.0. The van der Waals surface area contributed by atoms with Gasteiger partial charge < -0.3 is 15.1 Å². The van der Waals surface area contributed by atoms with Gasteiger partial charge in [-0.3, -0.25) is 9.78 Å². The summed E-state index contributed by atoms with van der Waals surface area (Å²) in [6.07, 6.45) is -1.85. The Morgan fingerprint density at radius 2 is 1.65 bits per heavy atom. The molecule has 0 unspecified atom stereocenters. The molecule has 31 heavy (non-hydrogen) atoms. The van der Waals surface area contributed by atoms with Crippen molar-refractivity contribution in [1.82, 2.24) is 9.88 Å². The second-order valence-electron chi connectivity index (χ2n) is 7.37. The average Bonchev–Trinajstić information content (AvgIpc) is 2.74. The zero-order valence-electron chi connectivity index (χ0n) is 16.8. The van der Waals surface area contributed by atoms with Crippen molar-refractivity contribution in [3.8, 4) is 0 Å². The molecule has 2 aromatic carbocycles. The largest absolute Gasteiger partial charge is 0.417 e. The van der Waals surface area contributed by atoms with Gasteiger partial charge in [-0.15, -0.1) is 12.4 Å². The minimum absolute atomic E-state index is 0. The van der Waals surface area contributed by atoms with Crippen molar-refractivity contribution in [1.29, 1.82) is 0 Å². The van der Waals surface area contributed by atoms with Crippen LogP contribution in [0.2, 0.25) is 0 Å². The maximum absolute atomic E-state index is 13.3. The van der Waals surface area contributed by atoms with Crippen molar-refractivity contribution in [2.24, 2.45) is 0 Å². The Bertz CT molecular complexity index is 1060. The highest BCUT2D eigenvalue weighted by molar-refractivity contribution is 6.09. The molecule has 5 nitrogen and oxygen atoms in total. The number of alkyl halides is 3. The number of anilines is 2. The molecule has 1 saturated heterocycles. The fourth-order valence-corrected chi connectivity index (χ4v) is 3.63. The zero-order chi connectivity index (χ0) is 21.3. The number of rotatable bonds is 3. The van der Waals surface area contributed by atoms with E-state index >= 15 is 0 Å². The molecule has 164 valence electrons. The Labute approximate surface area is 184 Å². The van der Waals surface area contributed by atoms with Crippen LogP contribution < -0.4 is 10.2 Å². The first kappa shape index (κ1) is 22.8. The van der Waals surface area contributed by atoms with Gasteiger partial charge in [0.1, 0.15) is 0 Å². The van der Waals surface area contributed by atoms with Gasteiger partial charge in [0.2, 0.25) is 0 Å². The summed E-state index contributed by atoms with van der Waals surface area (Å²) in [7, 11) is 2.09. The number of hydrogen-bond donors (Lipinski definition) is 1. The zero-order valence-corrected chi connectivity index (χ0v) is 17.6. The summed E-state index contributed by atoms with van der Waals surface area (Å²) in [6, 6.07) is 10.8. The lowest BCUT2D eigenvalue weighted by molar-refractivity contribution is -0.136. The van der Waals surface area contributed by atoms with Crippen molar-refractivity contribution in [3.05, 3.63) is 66.0 Å². The number of piperazine rings is 1. The topological polar surface area (TPSA) is 48.5 Å². The molecule has 0 bridgehead atoms. The van der Waals surface area contributed by atoms with Gasteiger partial charge in [-0.2, -0.15) is 13.2 Å². The van der Waals surface area contributed by atoms with Gasteiger partial charge in [0.25, 0.3) is 5.91 Å². The van der Waals surface area contributed by atoms with E-state index in [9.17, 15) is 18.0 Å². The predicted molar refractivity (Wildman–Crippen MR) is 118 cm³/mol. The van der Waals surface area contributed by atoms with E-state index in [0.29, 0.717) is 11.3 Å². The van der Waals surface area contributed by atoms with Gasteiger partial charge >= 0.3 is 6.18 Å². The number of halogens is 4. The number of pyridine rings is 1. The summed E-state index contributed by atoms with van der Waals surface area (Å²) in [5.74, 6) is -0.384. The van der Waals surface area contributed by atoms with E-state index in [1.165, 1.54) is 24.5 Å². The molecule has 1 aromatic heterocycles. The van der Waals surface area contributed by atoms with Crippen LogP contribution in [-0.2, 0) is 6.18 Å². The second-order valence-corrected chi connectivity index (χ2v) is 7.37. The standard InChI is InChI=1S/C22H21F3N4O.ClH/c1-28-10-12-29(13-11-28)16-4-2-15(3-5-16)21(30)27-20-7-6-19(22(23,24)25)17-8-9-26-14-18(17)20;/h2-9,14H,10-13H2,1H3,(H,27,30);1H. The van der Waals surface area contributed by atoms with Crippen LogP contribution in [-0.4, -0.2) is 49.0 Å². The first-order valence-electron chi connectivity index (χ1n) is 9.62.